The van der Waals surface area contributed by atoms with Gasteiger partial charge in [-0.1, -0.05) is 66.7 Å². The maximum atomic E-state index is 10.8. The maximum absolute atomic E-state index is 10.8. The molecule has 0 fully saturated rings. The summed E-state index contributed by atoms with van der Waals surface area (Å²) in [7, 11) is 0.703. The van der Waals surface area contributed by atoms with Crippen LogP contribution in [0.25, 0.3) is 5.57 Å². The molecule has 1 aromatic heterocycles. The molecule has 0 atom stereocenters. The van der Waals surface area contributed by atoms with Crippen molar-refractivity contribution in [3.05, 3.63) is 69.4 Å². The van der Waals surface area contributed by atoms with Gasteiger partial charge in [0.25, 0.3) is 0 Å². The second kappa shape index (κ2) is 13.8. The normalized spacial score (nSPS) is 13.7. The molecule has 0 bridgehead atoms. The molecule has 4 radical (unpaired) electrons. The van der Waals surface area contributed by atoms with Crippen LogP contribution in [0.3, 0.4) is 0 Å². The number of rotatable bonds is 13. The molecule has 0 spiro atoms. The second-order valence-electron chi connectivity index (χ2n) is 12.9. The van der Waals surface area contributed by atoms with Crippen molar-refractivity contribution in [1.29, 1.82) is 0 Å². The van der Waals surface area contributed by atoms with E-state index in [1.54, 1.807) is 17.4 Å². The Balaban J connectivity index is 2.34. The number of hydrogen-bond donors (Lipinski definition) is 1. The number of thiophene rings is 1. The van der Waals surface area contributed by atoms with Gasteiger partial charge < -0.3 is 18.7 Å². The van der Waals surface area contributed by atoms with Gasteiger partial charge in [0.1, 0.15) is 12.4 Å². The number of aliphatic carboxylic acids is 1. The first kappa shape index (κ1) is 34.2. The van der Waals surface area contributed by atoms with Gasteiger partial charge in [0.15, 0.2) is 0 Å². The Bertz CT molecular complexity index is 1200. The molecule has 8 heteroatoms. The highest BCUT2D eigenvalue weighted by Crippen LogP contribution is 2.40. The van der Waals surface area contributed by atoms with E-state index in [-0.39, 0.29) is 10.1 Å². The summed E-state index contributed by atoms with van der Waals surface area (Å²) in [5, 5.41) is 9.01. The summed E-state index contributed by atoms with van der Waals surface area (Å²) in [6.45, 7) is 24.2. The Morgan fingerprint density at radius 3 is 1.98 bits per heavy atom. The molecule has 5 nitrogen and oxygen atoms in total. The van der Waals surface area contributed by atoms with E-state index < -0.39 is 17.2 Å². The lowest BCUT2D eigenvalue weighted by molar-refractivity contribution is -0.131. The van der Waals surface area contributed by atoms with E-state index in [1.807, 2.05) is 12.1 Å². The zero-order valence-corrected chi connectivity index (χ0v) is 28.8. The van der Waals surface area contributed by atoms with E-state index in [4.69, 9.17) is 18.7 Å². The summed E-state index contributed by atoms with van der Waals surface area (Å²) in [4.78, 5) is 13.0. The SMILES string of the molecule is CCC(=CC=CC(=O)O)c1ccc(COc2ccc(C(C)(C)O[Si]C(C)(C)C)c(C(C)(C)O[Si]C(C)(C)C)c2)s1. The molecule has 2 aromatic rings. The first-order valence-corrected chi connectivity index (χ1v) is 16.3. The molecule has 0 saturated heterocycles. The molecule has 218 valence electrons. The van der Waals surface area contributed by atoms with Crippen molar-refractivity contribution in [2.24, 2.45) is 0 Å². The molecule has 0 unspecified atom stereocenters. The van der Waals surface area contributed by atoms with Gasteiger partial charge in [-0.05, 0) is 85.2 Å². The Morgan fingerprint density at radius 2 is 1.45 bits per heavy atom. The molecule has 0 aliphatic rings. The third-order valence-corrected chi connectivity index (χ3v) is 9.37. The van der Waals surface area contributed by atoms with Gasteiger partial charge in [0.05, 0.1) is 11.2 Å². The Morgan fingerprint density at radius 1 is 0.875 bits per heavy atom. The van der Waals surface area contributed by atoms with Gasteiger partial charge in [-0.3, -0.25) is 0 Å². The first-order chi connectivity index (χ1) is 18.3. The Labute approximate surface area is 250 Å². The lowest BCUT2D eigenvalue weighted by Crippen LogP contribution is -2.34. The van der Waals surface area contributed by atoms with Crippen LogP contribution in [0.4, 0.5) is 0 Å². The summed E-state index contributed by atoms with van der Waals surface area (Å²) in [6.07, 6.45) is 5.41. The van der Waals surface area contributed by atoms with Crippen LogP contribution in [-0.2, 0) is 31.5 Å². The lowest BCUT2D eigenvalue weighted by atomic mass is 9.85. The molecule has 0 amide bonds. The lowest BCUT2D eigenvalue weighted by Gasteiger charge is -2.37. The number of ether oxygens (including phenoxy) is 1. The van der Waals surface area contributed by atoms with Gasteiger partial charge >= 0.3 is 5.97 Å². The van der Waals surface area contributed by atoms with Crippen molar-refractivity contribution >= 4 is 42.4 Å². The summed E-state index contributed by atoms with van der Waals surface area (Å²) in [5.74, 6) is -0.163. The fourth-order valence-electron chi connectivity index (χ4n) is 3.71. The number of benzene rings is 1. The summed E-state index contributed by atoms with van der Waals surface area (Å²) >= 11 is 1.66. The maximum Gasteiger partial charge on any atom is 0.328 e. The fourth-order valence-corrected chi connectivity index (χ4v) is 6.07. The molecule has 40 heavy (non-hydrogen) atoms. The number of carboxylic acids is 1. The van der Waals surface area contributed by atoms with E-state index in [1.165, 1.54) is 0 Å². The smallest absolute Gasteiger partial charge is 0.328 e. The van der Waals surface area contributed by atoms with E-state index in [9.17, 15) is 4.79 Å². The predicted molar refractivity (Wildman–Crippen MR) is 169 cm³/mol. The summed E-state index contributed by atoms with van der Waals surface area (Å²) < 4.78 is 19.3. The van der Waals surface area contributed by atoms with Crippen molar-refractivity contribution in [3.63, 3.8) is 0 Å². The number of carboxylic acid groups (broad SMARTS) is 1. The van der Waals surface area contributed by atoms with Crippen LogP contribution in [0.5, 0.6) is 5.75 Å². The first-order valence-electron chi connectivity index (χ1n) is 13.7. The van der Waals surface area contributed by atoms with E-state index in [0.29, 0.717) is 26.1 Å². The molecule has 1 heterocycles. The average molecular weight is 599 g/mol. The van der Waals surface area contributed by atoms with Crippen LogP contribution >= 0.6 is 11.3 Å². The van der Waals surface area contributed by atoms with Crippen molar-refractivity contribution in [2.45, 2.75) is 110 Å². The number of carbonyl (C=O) groups is 1. The van der Waals surface area contributed by atoms with Crippen molar-refractivity contribution in [3.8, 4) is 5.75 Å². The minimum Gasteiger partial charge on any atom is -0.488 e. The van der Waals surface area contributed by atoms with E-state index in [0.717, 1.165) is 44.7 Å². The minimum absolute atomic E-state index is 0.0667. The fraction of sp³-hybridized carbons (Fsp3) is 0.531. The van der Waals surface area contributed by atoms with Crippen LogP contribution in [0.1, 0.15) is 103 Å². The third-order valence-electron chi connectivity index (χ3n) is 5.79. The van der Waals surface area contributed by atoms with Crippen LogP contribution in [0, 0.1) is 0 Å². The van der Waals surface area contributed by atoms with E-state index >= 15 is 0 Å². The highest BCUT2D eigenvalue weighted by atomic mass is 32.1. The second-order valence-corrected chi connectivity index (χ2v) is 17.9. The predicted octanol–water partition coefficient (Wildman–Crippen LogP) is 8.94. The largest absolute Gasteiger partial charge is 0.488 e. The van der Waals surface area contributed by atoms with Gasteiger partial charge in [-0.15, -0.1) is 11.3 Å². The molecule has 2 rings (SSSR count). The topological polar surface area (TPSA) is 65.0 Å². The molecule has 0 aliphatic heterocycles. The molecule has 1 N–H and O–H groups in total. The van der Waals surface area contributed by atoms with Gasteiger partial charge in [0, 0.05) is 15.8 Å². The summed E-state index contributed by atoms with van der Waals surface area (Å²) in [5.41, 5.74) is 2.24. The monoisotopic (exact) mass is 598 g/mol. The van der Waals surface area contributed by atoms with E-state index in [2.05, 4.69) is 100 Å². The minimum atomic E-state index is -0.950. The quantitative estimate of drug-likeness (QED) is 0.142. The third kappa shape index (κ3) is 11.1. The standard InChI is InChI=1S/C32H46O5SSi2/c1-12-22(14-13-15-28(33)34)27-19-17-24(38-27)21-35-23-16-18-25(31(8,9)36-39-29(2,3)4)26(20-23)32(10,11)37-40-30(5,6)7/h13-20H,12,21H2,1-11H3,(H,33,34). The molecule has 1 aromatic carbocycles. The molecular formula is C32H46O5SSi2. The molecule has 0 saturated carbocycles. The van der Waals surface area contributed by atoms with Gasteiger partial charge in [0.2, 0.25) is 19.5 Å². The van der Waals surface area contributed by atoms with Crippen molar-refractivity contribution in [2.75, 3.05) is 0 Å². The van der Waals surface area contributed by atoms with Crippen molar-refractivity contribution in [1.82, 2.24) is 0 Å². The molecule has 0 aliphatic carbocycles. The van der Waals surface area contributed by atoms with Crippen molar-refractivity contribution < 1.29 is 23.5 Å². The number of hydrogen-bond acceptors (Lipinski definition) is 5. The highest BCUT2D eigenvalue weighted by molar-refractivity contribution is 7.13. The Hall–Kier alpha value is -1.98. The zero-order valence-electron chi connectivity index (χ0n) is 26.0. The Kier molecular flexibility index (Phi) is 11.8. The number of allylic oxidation sites excluding steroid dienone is 3. The summed E-state index contributed by atoms with van der Waals surface area (Å²) in [6, 6.07) is 10.4. The van der Waals surface area contributed by atoms with Crippen LogP contribution in [0.15, 0.2) is 48.6 Å². The van der Waals surface area contributed by atoms with Gasteiger partial charge in [-0.25, -0.2) is 4.79 Å². The van der Waals surface area contributed by atoms with Crippen LogP contribution in [-0.4, -0.2) is 30.6 Å². The molecular weight excluding hydrogens is 553 g/mol. The average Bonchev–Trinajstić information content (AvgIpc) is 3.31. The van der Waals surface area contributed by atoms with Crippen LogP contribution in [0.2, 0.25) is 10.1 Å². The van der Waals surface area contributed by atoms with Gasteiger partial charge in [-0.2, -0.15) is 0 Å². The highest BCUT2D eigenvalue weighted by Gasteiger charge is 2.34. The van der Waals surface area contributed by atoms with Crippen LogP contribution < -0.4 is 4.74 Å². The zero-order chi connectivity index (χ0) is 30.4.